The molecule has 1 aromatic rings. The Hall–Kier alpha value is -1.36. The summed E-state index contributed by atoms with van der Waals surface area (Å²) in [4.78, 5) is 7.80. The van der Waals surface area contributed by atoms with Crippen molar-refractivity contribution in [1.29, 1.82) is 0 Å². The second-order valence-corrected chi connectivity index (χ2v) is 4.09. The van der Waals surface area contributed by atoms with Gasteiger partial charge >= 0.3 is 0 Å². The van der Waals surface area contributed by atoms with Crippen LogP contribution in [0.5, 0.6) is 5.88 Å². The smallest absolute Gasteiger partial charge is 0.232 e. The molecule has 0 aliphatic heterocycles. The molecular weight excluding hydrogens is 194 g/mol. The van der Waals surface area contributed by atoms with E-state index < -0.39 is 0 Å². The highest BCUT2D eigenvalue weighted by Gasteiger charge is 2.09. The van der Waals surface area contributed by atoms with Crippen LogP contribution in [0.1, 0.15) is 20.8 Å². The van der Waals surface area contributed by atoms with Gasteiger partial charge in [-0.3, -0.25) is 0 Å². The maximum Gasteiger partial charge on any atom is 0.232 e. The summed E-state index contributed by atoms with van der Waals surface area (Å²) in [7, 11) is 0. The molecule has 1 heterocycles. The van der Waals surface area contributed by atoms with Crippen molar-refractivity contribution in [1.82, 2.24) is 9.97 Å². The quantitative estimate of drug-likeness (QED) is 0.759. The molecule has 0 unspecified atom stereocenters. The van der Waals surface area contributed by atoms with Crippen LogP contribution < -0.4 is 10.5 Å². The number of hydrogen-bond donors (Lipinski definition) is 1. The van der Waals surface area contributed by atoms with Crippen LogP contribution in [0.4, 0.5) is 5.82 Å². The topological polar surface area (TPSA) is 70.3 Å². The van der Waals surface area contributed by atoms with E-state index in [4.69, 9.17) is 15.2 Å². The van der Waals surface area contributed by atoms with Gasteiger partial charge in [-0.2, -0.15) is 0 Å². The molecule has 1 aromatic heterocycles. The zero-order valence-electron chi connectivity index (χ0n) is 9.36. The summed E-state index contributed by atoms with van der Waals surface area (Å²) in [6.07, 6.45) is 2.95. The second-order valence-electron chi connectivity index (χ2n) is 4.09. The molecule has 0 aliphatic carbocycles. The third kappa shape index (κ3) is 5.17. The van der Waals surface area contributed by atoms with Crippen molar-refractivity contribution in [2.24, 2.45) is 0 Å². The van der Waals surface area contributed by atoms with E-state index in [0.29, 0.717) is 24.9 Å². The molecule has 0 saturated carbocycles. The first kappa shape index (κ1) is 11.7. The van der Waals surface area contributed by atoms with Gasteiger partial charge in [0.05, 0.1) is 24.6 Å². The van der Waals surface area contributed by atoms with E-state index in [2.05, 4.69) is 9.97 Å². The number of nitrogen functional groups attached to an aromatic ring is 1. The van der Waals surface area contributed by atoms with E-state index in [1.54, 1.807) is 0 Å². The van der Waals surface area contributed by atoms with E-state index >= 15 is 0 Å². The molecular formula is C10H17N3O2. The number of nitrogens with two attached hydrogens (primary N) is 1. The Morgan fingerprint density at radius 2 is 1.93 bits per heavy atom. The fourth-order valence-electron chi connectivity index (χ4n) is 0.895. The Morgan fingerprint density at radius 1 is 1.20 bits per heavy atom. The molecule has 0 fully saturated rings. The van der Waals surface area contributed by atoms with Gasteiger partial charge < -0.3 is 15.2 Å². The Kier molecular flexibility index (Phi) is 3.85. The Balaban J connectivity index is 2.23. The van der Waals surface area contributed by atoms with Gasteiger partial charge in [0.25, 0.3) is 0 Å². The highest BCUT2D eigenvalue weighted by molar-refractivity contribution is 5.24. The van der Waals surface area contributed by atoms with Gasteiger partial charge in [-0.15, -0.1) is 0 Å². The van der Waals surface area contributed by atoms with Crippen molar-refractivity contribution in [2.75, 3.05) is 18.9 Å². The summed E-state index contributed by atoms with van der Waals surface area (Å²) in [6, 6.07) is 0. The summed E-state index contributed by atoms with van der Waals surface area (Å²) in [5, 5.41) is 0. The van der Waals surface area contributed by atoms with Gasteiger partial charge in [-0.1, -0.05) is 0 Å². The highest BCUT2D eigenvalue weighted by Crippen LogP contribution is 2.07. The van der Waals surface area contributed by atoms with Crippen LogP contribution >= 0.6 is 0 Å². The van der Waals surface area contributed by atoms with Crippen molar-refractivity contribution in [3.05, 3.63) is 12.4 Å². The summed E-state index contributed by atoms with van der Waals surface area (Å²) < 4.78 is 10.8. The molecule has 0 bridgehead atoms. The molecule has 1 rings (SSSR count). The van der Waals surface area contributed by atoms with Crippen LogP contribution in [0.15, 0.2) is 12.4 Å². The summed E-state index contributed by atoms with van der Waals surface area (Å²) >= 11 is 0. The largest absolute Gasteiger partial charge is 0.474 e. The zero-order valence-corrected chi connectivity index (χ0v) is 9.36. The lowest BCUT2D eigenvalue weighted by Gasteiger charge is -2.19. The summed E-state index contributed by atoms with van der Waals surface area (Å²) in [6.45, 7) is 6.97. The van der Waals surface area contributed by atoms with Crippen molar-refractivity contribution >= 4 is 5.82 Å². The zero-order chi connectivity index (χ0) is 11.3. The minimum atomic E-state index is -0.143. The summed E-state index contributed by atoms with van der Waals surface area (Å²) in [5.41, 5.74) is 5.24. The van der Waals surface area contributed by atoms with Crippen LogP contribution in [0, 0.1) is 0 Å². The molecule has 5 heteroatoms. The van der Waals surface area contributed by atoms with Gasteiger partial charge in [0, 0.05) is 0 Å². The normalized spacial score (nSPS) is 11.4. The van der Waals surface area contributed by atoms with E-state index in [9.17, 15) is 0 Å². The van der Waals surface area contributed by atoms with Gasteiger partial charge in [-0.05, 0) is 20.8 Å². The molecule has 0 aromatic carbocycles. The monoisotopic (exact) mass is 211 g/mol. The van der Waals surface area contributed by atoms with Gasteiger partial charge in [0.1, 0.15) is 12.4 Å². The number of rotatable bonds is 4. The predicted octanol–water partition coefficient (Wildman–Crippen LogP) is 1.25. The summed E-state index contributed by atoms with van der Waals surface area (Å²) in [5.74, 6) is 0.843. The Labute approximate surface area is 89.6 Å². The number of anilines is 1. The fourth-order valence-corrected chi connectivity index (χ4v) is 0.895. The Morgan fingerprint density at radius 3 is 2.47 bits per heavy atom. The molecule has 0 spiro atoms. The third-order valence-electron chi connectivity index (χ3n) is 1.52. The van der Waals surface area contributed by atoms with Gasteiger partial charge in [-0.25, -0.2) is 9.97 Å². The molecule has 0 amide bonds. The minimum Gasteiger partial charge on any atom is -0.474 e. The average Bonchev–Trinajstić information content (AvgIpc) is 2.14. The molecule has 2 N–H and O–H groups in total. The standard InChI is InChI=1S/C10H17N3O2/c1-10(2,3)15-5-4-14-9-7-12-8(11)6-13-9/h6-7H,4-5H2,1-3H3,(H2,11,12). The minimum absolute atomic E-state index is 0.143. The molecule has 0 radical (unpaired) electrons. The number of aromatic nitrogens is 2. The maximum atomic E-state index is 5.48. The highest BCUT2D eigenvalue weighted by atomic mass is 16.5. The third-order valence-corrected chi connectivity index (χ3v) is 1.52. The van der Waals surface area contributed by atoms with E-state index in [1.165, 1.54) is 12.4 Å². The van der Waals surface area contributed by atoms with Crippen molar-refractivity contribution in [3.8, 4) is 5.88 Å². The SMILES string of the molecule is CC(C)(C)OCCOc1cnc(N)cn1. The molecule has 5 nitrogen and oxygen atoms in total. The average molecular weight is 211 g/mol. The molecule has 15 heavy (non-hydrogen) atoms. The Bertz CT molecular complexity index is 293. The van der Waals surface area contributed by atoms with Gasteiger partial charge in [0.15, 0.2) is 0 Å². The molecule has 0 saturated heterocycles. The lowest BCUT2D eigenvalue weighted by Crippen LogP contribution is -2.22. The fraction of sp³-hybridized carbons (Fsp3) is 0.600. The van der Waals surface area contributed by atoms with Crippen molar-refractivity contribution in [3.63, 3.8) is 0 Å². The van der Waals surface area contributed by atoms with E-state index in [0.717, 1.165) is 0 Å². The van der Waals surface area contributed by atoms with Crippen molar-refractivity contribution in [2.45, 2.75) is 26.4 Å². The van der Waals surface area contributed by atoms with Gasteiger partial charge in [0.2, 0.25) is 5.88 Å². The van der Waals surface area contributed by atoms with Crippen molar-refractivity contribution < 1.29 is 9.47 Å². The van der Waals surface area contributed by atoms with Crippen LogP contribution in [0.3, 0.4) is 0 Å². The lowest BCUT2D eigenvalue weighted by atomic mass is 10.2. The maximum absolute atomic E-state index is 5.48. The van der Waals surface area contributed by atoms with Crippen LogP contribution in [-0.4, -0.2) is 28.8 Å². The van der Waals surface area contributed by atoms with E-state index in [1.807, 2.05) is 20.8 Å². The van der Waals surface area contributed by atoms with Crippen LogP contribution in [0.2, 0.25) is 0 Å². The first-order valence-electron chi connectivity index (χ1n) is 4.82. The molecule has 0 aliphatic rings. The number of ether oxygens (including phenoxy) is 2. The number of nitrogens with zero attached hydrogens (tertiary/aromatic N) is 2. The molecule has 84 valence electrons. The lowest BCUT2D eigenvalue weighted by molar-refractivity contribution is -0.0168. The van der Waals surface area contributed by atoms with Crippen LogP contribution in [-0.2, 0) is 4.74 Å². The number of hydrogen-bond acceptors (Lipinski definition) is 5. The first-order chi connectivity index (χ1) is 6.97. The molecule has 0 atom stereocenters. The predicted molar refractivity (Wildman–Crippen MR) is 57.6 cm³/mol. The second kappa shape index (κ2) is 4.93. The van der Waals surface area contributed by atoms with E-state index in [-0.39, 0.29) is 5.60 Å². The van der Waals surface area contributed by atoms with Crippen LogP contribution in [0.25, 0.3) is 0 Å². The first-order valence-corrected chi connectivity index (χ1v) is 4.82.